The molecule has 1 fully saturated rings. The first-order valence-corrected chi connectivity index (χ1v) is 10.7. The average Bonchev–Trinajstić information content (AvgIpc) is 3.41. The predicted molar refractivity (Wildman–Crippen MR) is 119 cm³/mol. The number of pyridine rings is 1. The molecule has 4 aromatic rings. The maximum absolute atomic E-state index is 6.11. The minimum absolute atomic E-state index is 0.320. The van der Waals surface area contributed by atoms with Crippen molar-refractivity contribution in [1.82, 2.24) is 29.7 Å². The third-order valence-electron chi connectivity index (χ3n) is 6.06. The van der Waals surface area contributed by atoms with Gasteiger partial charge in [-0.05, 0) is 38.8 Å². The normalized spacial score (nSPS) is 15.3. The molecule has 0 aromatic carbocycles. The van der Waals surface area contributed by atoms with Crippen LogP contribution in [0.4, 0.5) is 5.95 Å². The van der Waals surface area contributed by atoms with Crippen LogP contribution in [-0.2, 0) is 0 Å². The van der Waals surface area contributed by atoms with Crippen LogP contribution < -0.4 is 5.73 Å². The lowest BCUT2D eigenvalue weighted by Crippen LogP contribution is -2.09. The van der Waals surface area contributed by atoms with Gasteiger partial charge in [-0.3, -0.25) is 4.68 Å². The van der Waals surface area contributed by atoms with E-state index in [-0.39, 0.29) is 0 Å². The molecule has 1 aliphatic carbocycles. The van der Waals surface area contributed by atoms with E-state index < -0.39 is 0 Å². The van der Waals surface area contributed by atoms with Crippen LogP contribution in [0.2, 0.25) is 0 Å². The van der Waals surface area contributed by atoms with Crippen LogP contribution >= 0.6 is 0 Å². The summed E-state index contributed by atoms with van der Waals surface area (Å²) in [6.07, 6.45) is 14.0. The molecule has 0 spiro atoms. The second-order valence-electron chi connectivity index (χ2n) is 8.50. The third-order valence-corrected chi connectivity index (χ3v) is 6.06. The summed E-state index contributed by atoms with van der Waals surface area (Å²) in [4.78, 5) is 17.0. The Labute approximate surface area is 175 Å². The summed E-state index contributed by atoms with van der Waals surface area (Å²) in [5.41, 5.74) is 11.9. The maximum atomic E-state index is 6.11. The number of nitrogens with zero attached hydrogens (tertiary/aromatic N) is 5. The van der Waals surface area contributed by atoms with Gasteiger partial charge in [-0.25, -0.2) is 15.0 Å². The van der Waals surface area contributed by atoms with Gasteiger partial charge in [0, 0.05) is 58.3 Å². The first-order valence-electron chi connectivity index (χ1n) is 10.7. The highest BCUT2D eigenvalue weighted by Gasteiger charge is 2.20. The highest BCUT2D eigenvalue weighted by molar-refractivity contribution is 5.95. The largest absolute Gasteiger partial charge is 0.368 e. The number of aromatic nitrogens is 6. The number of aromatic amines is 1. The molecule has 0 unspecified atom stereocenters. The van der Waals surface area contributed by atoms with Gasteiger partial charge in [0.25, 0.3) is 0 Å². The maximum Gasteiger partial charge on any atom is 0.220 e. The van der Waals surface area contributed by atoms with Gasteiger partial charge in [-0.1, -0.05) is 19.3 Å². The Morgan fingerprint density at radius 1 is 1.07 bits per heavy atom. The number of rotatable bonds is 4. The van der Waals surface area contributed by atoms with E-state index in [1.165, 1.54) is 32.1 Å². The van der Waals surface area contributed by atoms with Crippen LogP contribution in [0.25, 0.3) is 33.4 Å². The molecular weight excluding hydrogens is 374 g/mol. The number of hydrogen-bond donors (Lipinski definition) is 2. The second-order valence-corrected chi connectivity index (χ2v) is 8.50. The molecule has 0 radical (unpaired) electrons. The van der Waals surface area contributed by atoms with Crippen LogP contribution in [-0.4, -0.2) is 29.7 Å². The highest BCUT2D eigenvalue weighted by atomic mass is 15.3. The predicted octanol–water partition coefficient (Wildman–Crippen LogP) is 5.09. The van der Waals surface area contributed by atoms with Crippen molar-refractivity contribution in [2.75, 3.05) is 5.73 Å². The summed E-state index contributed by atoms with van der Waals surface area (Å²) >= 11 is 0. The third kappa shape index (κ3) is 3.44. The van der Waals surface area contributed by atoms with Gasteiger partial charge in [0.2, 0.25) is 5.95 Å². The van der Waals surface area contributed by atoms with Crippen molar-refractivity contribution < 1.29 is 0 Å². The first kappa shape index (κ1) is 18.8. The lowest BCUT2D eigenvalue weighted by atomic mass is 9.86. The summed E-state index contributed by atoms with van der Waals surface area (Å²) in [6.45, 7) is 4.23. The molecule has 0 amide bonds. The van der Waals surface area contributed by atoms with Gasteiger partial charge < -0.3 is 10.7 Å². The standard InChI is InChI=1S/C23H27N7/c1-14(2)30-13-17(11-27-30)16-8-18-19(12-26-22(18)25-10-16)21-9-20(28-23(24)29-21)15-6-4-3-5-7-15/h8-15H,3-7H2,1-2H3,(H,25,26)(H2,24,28,29). The molecule has 7 nitrogen and oxygen atoms in total. The Balaban J connectivity index is 1.56. The van der Waals surface area contributed by atoms with Crippen LogP contribution in [0.15, 0.2) is 36.9 Å². The Hall–Kier alpha value is -3.22. The van der Waals surface area contributed by atoms with Gasteiger partial charge in [0.1, 0.15) is 5.65 Å². The van der Waals surface area contributed by atoms with Crippen molar-refractivity contribution >= 4 is 17.0 Å². The van der Waals surface area contributed by atoms with E-state index in [0.717, 1.165) is 39.1 Å². The summed E-state index contributed by atoms with van der Waals surface area (Å²) in [7, 11) is 0. The highest BCUT2D eigenvalue weighted by Crippen LogP contribution is 2.35. The zero-order valence-corrected chi connectivity index (χ0v) is 17.5. The minimum Gasteiger partial charge on any atom is -0.368 e. The molecule has 5 rings (SSSR count). The molecule has 4 heterocycles. The van der Waals surface area contributed by atoms with Crippen molar-refractivity contribution in [3.8, 4) is 22.4 Å². The number of H-pyrrole nitrogens is 1. The fraction of sp³-hybridized carbons (Fsp3) is 0.391. The Bertz CT molecular complexity index is 1180. The first-order chi connectivity index (χ1) is 14.6. The van der Waals surface area contributed by atoms with Crippen molar-refractivity contribution in [2.24, 2.45) is 0 Å². The lowest BCUT2D eigenvalue weighted by molar-refractivity contribution is 0.436. The molecule has 4 aromatic heterocycles. The van der Waals surface area contributed by atoms with E-state index in [1.807, 2.05) is 23.3 Å². The number of nitrogens with one attached hydrogen (secondary N) is 1. The van der Waals surface area contributed by atoms with Crippen molar-refractivity contribution in [2.45, 2.75) is 57.9 Å². The average molecular weight is 402 g/mol. The Kier molecular flexibility index (Phi) is 4.73. The minimum atomic E-state index is 0.320. The van der Waals surface area contributed by atoms with Crippen LogP contribution in [0, 0.1) is 0 Å². The van der Waals surface area contributed by atoms with E-state index >= 15 is 0 Å². The number of hydrogen-bond acceptors (Lipinski definition) is 5. The summed E-state index contributed by atoms with van der Waals surface area (Å²) in [5.74, 6) is 0.813. The van der Waals surface area contributed by atoms with E-state index in [0.29, 0.717) is 17.9 Å². The molecule has 1 aliphatic rings. The van der Waals surface area contributed by atoms with Gasteiger partial charge >= 0.3 is 0 Å². The molecular formula is C23H27N7. The number of nitrogen functional groups attached to an aromatic ring is 1. The molecule has 0 aliphatic heterocycles. The molecule has 3 N–H and O–H groups in total. The zero-order valence-electron chi connectivity index (χ0n) is 17.5. The zero-order chi connectivity index (χ0) is 20.7. The summed E-state index contributed by atoms with van der Waals surface area (Å²) in [5, 5.41) is 5.48. The van der Waals surface area contributed by atoms with E-state index in [2.05, 4.69) is 57.2 Å². The Morgan fingerprint density at radius 2 is 1.90 bits per heavy atom. The van der Waals surface area contributed by atoms with E-state index in [4.69, 9.17) is 5.73 Å². The number of anilines is 1. The van der Waals surface area contributed by atoms with Gasteiger partial charge in [0.15, 0.2) is 0 Å². The monoisotopic (exact) mass is 401 g/mol. The topological polar surface area (TPSA) is 98.3 Å². The Morgan fingerprint density at radius 3 is 2.67 bits per heavy atom. The second kappa shape index (κ2) is 7.55. The SMILES string of the molecule is CC(C)n1cc(-c2cnc3[nH]cc(-c4cc(C5CCCCC5)nc(N)n4)c3c2)cn1. The van der Waals surface area contributed by atoms with Crippen LogP contribution in [0.1, 0.15) is 63.6 Å². The molecule has 7 heteroatoms. The molecule has 1 saturated carbocycles. The molecule has 0 bridgehead atoms. The van der Waals surface area contributed by atoms with E-state index in [9.17, 15) is 0 Å². The number of nitrogens with two attached hydrogens (primary N) is 1. The van der Waals surface area contributed by atoms with Crippen LogP contribution in [0.3, 0.4) is 0 Å². The van der Waals surface area contributed by atoms with Gasteiger partial charge in [-0.15, -0.1) is 0 Å². The van der Waals surface area contributed by atoms with Crippen molar-refractivity contribution in [3.05, 3.63) is 42.6 Å². The fourth-order valence-corrected chi connectivity index (χ4v) is 4.37. The molecule has 30 heavy (non-hydrogen) atoms. The van der Waals surface area contributed by atoms with Crippen LogP contribution in [0.5, 0.6) is 0 Å². The molecule has 154 valence electrons. The summed E-state index contributed by atoms with van der Waals surface area (Å²) < 4.78 is 1.96. The van der Waals surface area contributed by atoms with Crippen molar-refractivity contribution in [1.29, 1.82) is 0 Å². The van der Waals surface area contributed by atoms with Gasteiger partial charge in [0.05, 0.1) is 11.9 Å². The number of fused-ring (bicyclic) bond motifs is 1. The van der Waals surface area contributed by atoms with Crippen molar-refractivity contribution in [3.63, 3.8) is 0 Å². The lowest BCUT2D eigenvalue weighted by Gasteiger charge is -2.21. The molecule has 0 saturated heterocycles. The van der Waals surface area contributed by atoms with E-state index in [1.54, 1.807) is 0 Å². The van der Waals surface area contributed by atoms with Gasteiger partial charge in [-0.2, -0.15) is 5.10 Å². The smallest absolute Gasteiger partial charge is 0.220 e. The quantitative estimate of drug-likeness (QED) is 0.496. The molecule has 0 atom stereocenters. The fourth-order valence-electron chi connectivity index (χ4n) is 4.37. The summed E-state index contributed by atoms with van der Waals surface area (Å²) in [6, 6.07) is 4.58.